The van der Waals surface area contributed by atoms with Gasteiger partial charge in [0, 0.05) is 62.2 Å². The van der Waals surface area contributed by atoms with Crippen LogP contribution in [0.5, 0.6) is 0 Å². The first-order valence-electron chi connectivity index (χ1n) is 7.92. The lowest BCUT2D eigenvalue weighted by atomic mass is 10.1. The van der Waals surface area contributed by atoms with Crippen molar-refractivity contribution < 1.29 is 13.6 Å². The van der Waals surface area contributed by atoms with E-state index in [1.165, 1.54) is 6.07 Å². The van der Waals surface area contributed by atoms with Gasteiger partial charge in [-0.15, -0.1) is 0 Å². The van der Waals surface area contributed by atoms with E-state index >= 15 is 0 Å². The molecule has 0 radical (unpaired) electrons. The summed E-state index contributed by atoms with van der Waals surface area (Å²) in [5, 5.41) is 0.259. The number of piperazine rings is 1. The van der Waals surface area contributed by atoms with E-state index in [1.54, 1.807) is 24.8 Å². The summed E-state index contributed by atoms with van der Waals surface area (Å²) in [6.07, 6.45) is 0. The first-order chi connectivity index (χ1) is 11.4. The summed E-state index contributed by atoms with van der Waals surface area (Å²) in [4.78, 5) is 19.7. The maximum absolute atomic E-state index is 14.0. The smallest absolute Gasteiger partial charge is 0.219 e. The van der Waals surface area contributed by atoms with Crippen LogP contribution >= 0.6 is 0 Å². The van der Waals surface area contributed by atoms with E-state index in [1.807, 2.05) is 4.90 Å². The number of pyridine rings is 1. The van der Waals surface area contributed by atoms with Crippen molar-refractivity contribution in [3.05, 3.63) is 35.4 Å². The molecule has 0 unspecified atom stereocenters. The third-order valence-electron chi connectivity index (χ3n) is 4.37. The molecule has 1 aliphatic rings. The Morgan fingerprint density at radius 3 is 2.46 bits per heavy atom. The summed E-state index contributed by atoms with van der Waals surface area (Å²) in [6.45, 7) is 5.74. The SMILES string of the molecule is CC(=O)N1CCN(c2nc3cc(F)cc(F)c3cc2[C@H](C)N)CC1. The van der Waals surface area contributed by atoms with E-state index in [0.717, 1.165) is 6.07 Å². The third kappa shape index (κ3) is 3.03. The van der Waals surface area contributed by atoms with Gasteiger partial charge in [0.05, 0.1) is 5.52 Å². The van der Waals surface area contributed by atoms with Gasteiger partial charge >= 0.3 is 0 Å². The van der Waals surface area contributed by atoms with Crippen LogP contribution in [0.3, 0.4) is 0 Å². The van der Waals surface area contributed by atoms with E-state index in [0.29, 0.717) is 37.6 Å². The van der Waals surface area contributed by atoms with Gasteiger partial charge in [0.2, 0.25) is 5.91 Å². The van der Waals surface area contributed by atoms with Crippen molar-refractivity contribution in [1.29, 1.82) is 0 Å². The molecule has 0 bridgehead atoms. The zero-order chi connectivity index (χ0) is 17.4. The molecule has 1 aromatic heterocycles. The molecule has 5 nitrogen and oxygen atoms in total. The molecule has 2 heterocycles. The minimum absolute atomic E-state index is 0.0395. The highest BCUT2D eigenvalue weighted by Crippen LogP contribution is 2.30. The van der Waals surface area contributed by atoms with Crippen LogP contribution in [0.1, 0.15) is 25.5 Å². The molecule has 1 atom stereocenters. The van der Waals surface area contributed by atoms with Gasteiger partial charge in [-0.1, -0.05) is 0 Å². The van der Waals surface area contributed by atoms with Crippen molar-refractivity contribution in [2.75, 3.05) is 31.1 Å². The number of benzene rings is 1. The number of carbonyl (C=O) groups is 1. The average Bonchev–Trinajstić information content (AvgIpc) is 2.53. The molecular weight excluding hydrogens is 314 g/mol. The highest BCUT2D eigenvalue weighted by Gasteiger charge is 2.23. The lowest BCUT2D eigenvalue weighted by Crippen LogP contribution is -2.48. The molecule has 1 amide bonds. The average molecular weight is 334 g/mol. The molecule has 1 fully saturated rings. The number of aromatic nitrogens is 1. The Morgan fingerprint density at radius 1 is 1.21 bits per heavy atom. The van der Waals surface area contributed by atoms with E-state index in [2.05, 4.69) is 4.98 Å². The maximum atomic E-state index is 14.0. The first kappa shape index (κ1) is 16.6. The third-order valence-corrected chi connectivity index (χ3v) is 4.37. The standard InChI is InChI=1S/C17H20F2N4O/c1-10(20)13-9-14-15(19)7-12(18)8-16(14)21-17(13)23-5-3-22(4-6-23)11(2)24/h7-10H,3-6,20H2,1-2H3/t10-/m0/s1. The Bertz CT molecular complexity index is 786. The minimum Gasteiger partial charge on any atom is -0.353 e. The van der Waals surface area contributed by atoms with Crippen molar-refractivity contribution in [2.45, 2.75) is 19.9 Å². The molecule has 7 heteroatoms. The highest BCUT2D eigenvalue weighted by atomic mass is 19.1. The topological polar surface area (TPSA) is 62.5 Å². The summed E-state index contributed by atoms with van der Waals surface area (Å²) in [5.74, 6) is -0.635. The predicted molar refractivity (Wildman–Crippen MR) is 88.7 cm³/mol. The van der Waals surface area contributed by atoms with Crippen LogP contribution in [-0.4, -0.2) is 42.0 Å². The van der Waals surface area contributed by atoms with Crippen molar-refractivity contribution in [2.24, 2.45) is 5.73 Å². The van der Waals surface area contributed by atoms with Crippen LogP contribution in [0, 0.1) is 11.6 Å². The van der Waals surface area contributed by atoms with Gasteiger partial charge in [0.15, 0.2) is 0 Å². The number of amides is 1. The van der Waals surface area contributed by atoms with Crippen LogP contribution in [0.4, 0.5) is 14.6 Å². The Balaban J connectivity index is 2.03. The Labute approximate surface area is 139 Å². The van der Waals surface area contributed by atoms with Crippen LogP contribution in [-0.2, 0) is 4.79 Å². The molecule has 2 aromatic rings. The van der Waals surface area contributed by atoms with Crippen molar-refractivity contribution in [1.82, 2.24) is 9.88 Å². The largest absolute Gasteiger partial charge is 0.353 e. The van der Waals surface area contributed by atoms with Crippen molar-refractivity contribution >= 4 is 22.6 Å². The van der Waals surface area contributed by atoms with E-state index in [-0.39, 0.29) is 22.9 Å². The number of anilines is 1. The van der Waals surface area contributed by atoms with Gasteiger partial charge in [-0.3, -0.25) is 4.79 Å². The van der Waals surface area contributed by atoms with Crippen molar-refractivity contribution in [3.8, 4) is 0 Å². The second-order valence-electron chi connectivity index (χ2n) is 6.14. The molecule has 0 saturated carbocycles. The fraction of sp³-hybridized carbons (Fsp3) is 0.412. The van der Waals surface area contributed by atoms with Crippen LogP contribution in [0.15, 0.2) is 18.2 Å². The lowest BCUT2D eigenvalue weighted by molar-refractivity contribution is -0.129. The fourth-order valence-electron chi connectivity index (χ4n) is 3.03. The molecule has 128 valence electrons. The Kier molecular flexibility index (Phi) is 4.36. The maximum Gasteiger partial charge on any atom is 0.219 e. The first-order valence-corrected chi connectivity index (χ1v) is 7.92. The van der Waals surface area contributed by atoms with Crippen LogP contribution < -0.4 is 10.6 Å². The number of halogens is 2. The van der Waals surface area contributed by atoms with E-state index in [4.69, 9.17) is 5.73 Å². The van der Waals surface area contributed by atoms with Gasteiger partial charge in [-0.25, -0.2) is 13.8 Å². The van der Waals surface area contributed by atoms with Gasteiger partial charge in [0.1, 0.15) is 17.5 Å². The number of nitrogens with zero attached hydrogens (tertiary/aromatic N) is 3. The predicted octanol–water partition coefficient (Wildman–Crippen LogP) is 2.20. The second kappa shape index (κ2) is 6.32. The van der Waals surface area contributed by atoms with Crippen molar-refractivity contribution in [3.63, 3.8) is 0 Å². The van der Waals surface area contributed by atoms with Gasteiger partial charge in [0.25, 0.3) is 0 Å². The Morgan fingerprint density at radius 2 is 1.88 bits per heavy atom. The molecule has 1 saturated heterocycles. The zero-order valence-electron chi connectivity index (χ0n) is 13.7. The quantitative estimate of drug-likeness (QED) is 0.915. The molecule has 1 aliphatic heterocycles. The fourth-order valence-corrected chi connectivity index (χ4v) is 3.03. The summed E-state index contributed by atoms with van der Waals surface area (Å²) in [5.41, 5.74) is 7.02. The molecule has 24 heavy (non-hydrogen) atoms. The number of hydrogen-bond donors (Lipinski definition) is 1. The summed E-state index contributed by atoms with van der Waals surface area (Å²) < 4.78 is 27.5. The molecule has 0 aliphatic carbocycles. The normalized spacial score (nSPS) is 16.5. The second-order valence-corrected chi connectivity index (χ2v) is 6.14. The van der Waals surface area contributed by atoms with Crippen LogP contribution in [0.25, 0.3) is 10.9 Å². The highest BCUT2D eigenvalue weighted by molar-refractivity contribution is 5.83. The number of nitrogens with two attached hydrogens (primary N) is 1. The number of fused-ring (bicyclic) bond motifs is 1. The lowest BCUT2D eigenvalue weighted by Gasteiger charge is -2.36. The van der Waals surface area contributed by atoms with Gasteiger partial charge < -0.3 is 15.5 Å². The molecule has 3 rings (SSSR count). The molecule has 1 aromatic carbocycles. The van der Waals surface area contributed by atoms with E-state index < -0.39 is 11.6 Å². The van der Waals surface area contributed by atoms with E-state index in [9.17, 15) is 13.6 Å². The monoisotopic (exact) mass is 334 g/mol. The van der Waals surface area contributed by atoms with Crippen LogP contribution in [0.2, 0.25) is 0 Å². The minimum atomic E-state index is -0.659. The summed E-state index contributed by atoms with van der Waals surface area (Å²) >= 11 is 0. The zero-order valence-corrected chi connectivity index (χ0v) is 13.7. The molecule has 0 spiro atoms. The summed E-state index contributed by atoms with van der Waals surface area (Å²) in [6, 6.07) is 3.38. The number of carbonyl (C=O) groups excluding carboxylic acids is 1. The van der Waals surface area contributed by atoms with Gasteiger partial charge in [-0.05, 0) is 13.0 Å². The Hall–Kier alpha value is -2.28. The molecule has 2 N–H and O–H groups in total. The van der Waals surface area contributed by atoms with Gasteiger partial charge in [-0.2, -0.15) is 0 Å². The molecular formula is C17H20F2N4O. The number of hydrogen-bond acceptors (Lipinski definition) is 4. The summed E-state index contributed by atoms with van der Waals surface area (Å²) in [7, 11) is 0. The number of rotatable bonds is 2.